The number of carbonyl (C=O) groups excluding carboxylic acids is 1. The minimum atomic E-state index is -0.390. The Labute approximate surface area is 92.3 Å². The van der Waals surface area contributed by atoms with Crippen molar-refractivity contribution in [2.24, 2.45) is 0 Å². The summed E-state index contributed by atoms with van der Waals surface area (Å²) in [5, 5.41) is 2.91. The molecule has 0 aromatic carbocycles. The van der Waals surface area contributed by atoms with E-state index < -0.39 is 5.60 Å². The Hall–Kier alpha value is -0.770. The number of carbonyl (C=O) groups is 1. The quantitative estimate of drug-likeness (QED) is 0.707. The highest BCUT2D eigenvalue weighted by molar-refractivity contribution is 5.68. The topological polar surface area (TPSA) is 73.3 Å². The van der Waals surface area contributed by atoms with Gasteiger partial charge in [-0.25, -0.2) is 4.79 Å². The number of alkyl carbamates (subject to hydrolysis) is 1. The molecule has 0 unspecified atom stereocenters. The Bertz CT molecular complexity index is 193. The highest BCUT2D eigenvalue weighted by atomic mass is 16.6. The van der Waals surface area contributed by atoms with Crippen LogP contribution in [0.4, 0.5) is 4.79 Å². The van der Waals surface area contributed by atoms with Crippen LogP contribution in [0.5, 0.6) is 0 Å². The molecule has 0 aromatic heterocycles. The lowest BCUT2D eigenvalue weighted by Crippen LogP contribution is -2.39. The number of hydrogen-bond donors (Lipinski definition) is 2. The van der Waals surface area contributed by atoms with Crippen LogP contribution in [0.15, 0.2) is 0 Å². The van der Waals surface area contributed by atoms with Gasteiger partial charge in [0.25, 0.3) is 0 Å². The van der Waals surface area contributed by atoms with Crippen LogP contribution in [0, 0.1) is 0 Å². The second-order valence-electron chi connectivity index (χ2n) is 4.98. The fourth-order valence-electron chi connectivity index (χ4n) is 1.72. The smallest absolute Gasteiger partial charge is 0.407 e. The van der Waals surface area contributed by atoms with Crippen molar-refractivity contribution < 1.29 is 9.53 Å². The molecule has 0 heterocycles. The summed E-state index contributed by atoms with van der Waals surface area (Å²) in [5.41, 5.74) is -0.390. The Balaban J connectivity index is 0.00000196. The van der Waals surface area contributed by atoms with Crippen molar-refractivity contribution in [1.29, 1.82) is 0 Å². The fourth-order valence-corrected chi connectivity index (χ4v) is 1.72. The van der Waals surface area contributed by atoms with Crippen molar-refractivity contribution in [3.8, 4) is 0 Å². The Morgan fingerprint density at radius 2 is 1.73 bits per heavy atom. The molecule has 90 valence electrons. The van der Waals surface area contributed by atoms with Gasteiger partial charge >= 0.3 is 6.09 Å². The molecule has 0 bridgehead atoms. The Morgan fingerprint density at radius 3 is 2.20 bits per heavy atom. The average Bonchev–Trinajstić information content (AvgIpc) is 2.02. The summed E-state index contributed by atoms with van der Waals surface area (Å²) in [7, 11) is 0. The minimum absolute atomic E-state index is 0. The first kappa shape index (κ1) is 14.2. The van der Waals surface area contributed by atoms with Gasteiger partial charge in [0.05, 0.1) is 0 Å². The number of hydrogen-bond acceptors (Lipinski definition) is 3. The lowest BCUT2D eigenvalue weighted by molar-refractivity contribution is 0.0493. The zero-order valence-corrected chi connectivity index (χ0v) is 10.1. The van der Waals surface area contributed by atoms with E-state index in [0.717, 1.165) is 12.8 Å². The number of amides is 1. The van der Waals surface area contributed by atoms with E-state index in [-0.39, 0.29) is 12.2 Å². The molecule has 4 N–H and O–H groups in total. The van der Waals surface area contributed by atoms with Gasteiger partial charge in [-0.2, -0.15) is 0 Å². The third-order valence-corrected chi connectivity index (χ3v) is 2.33. The summed E-state index contributed by atoms with van der Waals surface area (Å²) in [5.74, 6) is 0. The molecular formula is C11H24N2O2. The van der Waals surface area contributed by atoms with Crippen LogP contribution in [0.3, 0.4) is 0 Å². The molecule has 0 aromatic rings. The Kier molecular flexibility index (Phi) is 5.65. The molecule has 1 aliphatic carbocycles. The highest BCUT2D eigenvalue weighted by Crippen LogP contribution is 2.18. The molecule has 15 heavy (non-hydrogen) atoms. The van der Waals surface area contributed by atoms with E-state index in [2.05, 4.69) is 5.32 Å². The van der Waals surface area contributed by atoms with Gasteiger partial charge in [-0.15, -0.1) is 0 Å². The third-order valence-electron chi connectivity index (χ3n) is 2.33. The van der Waals surface area contributed by atoms with E-state index in [1.165, 1.54) is 19.3 Å². The van der Waals surface area contributed by atoms with Crippen LogP contribution in [-0.2, 0) is 4.74 Å². The van der Waals surface area contributed by atoms with Gasteiger partial charge in [0, 0.05) is 6.04 Å². The predicted octanol–water partition coefficient (Wildman–Crippen LogP) is 3.01. The molecule has 4 nitrogen and oxygen atoms in total. The first-order chi connectivity index (χ1) is 6.47. The summed E-state index contributed by atoms with van der Waals surface area (Å²) < 4.78 is 5.19. The van der Waals surface area contributed by atoms with Crippen LogP contribution in [0.1, 0.15) is 52.9 Å². The molecular weight excluding hydrogens is 192 g/mol. The van der Waals surface area contributed by atoms with Crippen molar-refractivity contribution in [1.82, 2.24) is 11.5 Å². The molecule has 0 aliphatic heterocycles. The van der Waals surface area contributed by atoms with E-state index in [4.69, 9.17) is 4.74 Å². The SMILES string of the molecule is CC(C)(C)OC(=O)NC1CCCCC1.N. The standard InChI is InChI=1S/C11H21NO2.H3N/c1-11(2,3)14-10(13)12-9-7-5-4-6-8-9;/h9H,4-8H2,1-3H3,(H,12,13);1H3. The summed E-state index contributed by atoms with van der Waals surface area (Å²) in [6.45, 7) is 5.65. The fraction of sp³-hybridized carbons (Fsp3) is 0.909. The Morgan fingerprint density at radius 1 is 1.20 bits per heavy atom. The zero-order chi connectivity index (χ0) is 10.6. The molecule has 1 aliphatic rings. The van der Waals surface area contributed by atoms with E-state index in [1.54, 1.807) is 0 Å². The number of rotatable bonds is 1. The maximum Gasteiger partial charge on any atom is 0.407 e. The maximum atomic E-state index is 11.4. The van der Waals surface area contributed by atoms with Gasteiger partial charge in [-0.05, 0) is 33.6 Å². The number of ether oxygens (including phenoxy) is 1. The molecule has 1 rings (SSSR count). The molecule has 0 spiro atoms. The minimum Gasteiger partial charge on any atom is -0.444 e. The van der Waals surface area contributed by atoms with Crippen molar-refractivity contribution >= 4 is 6.09 Å². The predicted molar refractivity (Wildman–Crippen MR) is 61.3 cm³/mol. The lowest BCUT2D eigenvalue weighted by atomic mass is 9.96. The number of nitrogens with one attached hydrogen (secondary N) is 1. The van der Waals surface area contributed by atoms with Crippen molar-refractivity contribution in [3.63, 3.8) is 0 Å². The summed E-state index contributed by atoms with van der Waals surface area (Å²) >= 11 is 0. The van der Waals surface area contributed by atoms with E-state index in [9.17, 15) is 4.79 Å². The first-order valence-corrected chi connectivity index (χ1v) is 5.47. The van der Waals surface area contributed by atoms with E-state index in [1.807, 2.05) is 20.8 Å². The van der Waals surface area contributed by atoms with E-state index >= 15 is 0 Å². The second kappa shape index (κ2) is 5.95. The van der Waals surface area contributed by atoms with Gasteiger partial charge in [0.1, 0.15) is 5.60 Å². The molecule has 1 saturated carbocycles. The van der Waals surface area contributed by atoms with Gasteiger partial charge < -0.3 is 16.2 Å². The molecule has 0 saturated heterocycles. The van der Waals surface area contributed by atoms with Gasteiger partial charge in [0.15, 0.2) is 0 Å². The normalized spacial score (nSPS) is 17.8. The van der Waals surface area contributed by atoms with Gasteiger partial charge in [-0.3, -0.25) is 0 Å². The van der Waals surface area contributed by atoms with Crippen molar-refractivity contribution in [2.45, 2.75) is 64.5 Å². The van der Waals surface area contributed by atoms with Crippen LogP contribution < -0.4 is 11.5 Å². The lowest BCUT2D eigenvalue weighted by Gasteiger charge is -2.25. The largest absolute Gasteiger partial charge is 0.444 e. The van der Waals surface area contributed by atoms with Crippen LogP contribution in [0.2, 0.25) is 0 Å². The van der Waals surface area contributed by atoms with E-state index in [0.29, 0.717) is 6.04 Å². The highest BCUT2D eigenvalue weighted by Gasteiger charge is 2.20. The molecule has 4 heteroatoms. The van der Waals surface area contributed by atoms with Gasteiger partial charge in [0.2, 0.25) is 0 Å². The molecule has 0 radical (unpaired) electrons. The van der Waals surface area contributed by atoms with Gasteiger partial charge in [-0.1, -0.05) is 19.3 Å². The molecule has 1 amide bonds. The summed E-state index contributed by atoms with van der Waals surface area (Å²) in [4.78, 5) is 11.4. The second-order valence-corrected chi connectivity index (χ2v) is 4.98. The van der Waals surface area contributed by atoms with Crippen LogP contribution in [0.25, 0.3) is 0 Å². The van der Waals surface area contributed by atoms with Crippen LogP contribution >= 0.6 is 0 Å². The zero-order valence-electron chi connectivity index (χ0n) is 10.1. The summed E-state index contributed by atoms with van der Waals surface area (Å²) in [6.07, 6.45) is 5.66. The average molecular weight is 216 g/mol. The molecule has 1 fully saturated rings. The monoisotopic (exact) mass is 216 g/mol. The van der Waals surface area contributed by atoms with Crippen LogP contribution in [-0.4, -0.2) is 17.7 Å². The summed E-state index contributed by atoms with van der Waals surface area (Å²) in [6, 6.07) is 0.332. The van der Waals surface area contributed by atoms with Crippen molar-refractivity contribution in [2.75, 3.05) is 0 Å². The van der Waals surface area contributed by atoms with Crippen molar-refractivity contribution in [3.05, 3.63) is 0 Å². The first-order valence-electron chi connectivity index (χ1n) is 5.47. The third kappa shape index (κ3) is 6.33. The maximum absolute atomic E-state index is 11.4. The molecule has 0 atom stereocenters.